The van der Waals surface area contributed by atoms with Crippen LogP contribution >= 0.6 is 0 Å². The summed E-state index contributed by atoms with van der Waals surface area (Å²) in [6, 6.07) is 6.47. The minimum absolute atomic E-state index is 0.560. The summed E-state index contributed by atoms with van der Waals surface area (Å²) in [7, 11) is 1.67. The van der Waals surface area contributed by atoms with Crippen LogP contribution in [0.2, 0.25) is 0 Å². The SMILES string of the molecule is COc1ccc2c(NC3CCCC3)ncnc2c1. The molecule has 0 atom stereocenters. The van der Waals surface area contributed by atoms with Gasteiger partial charge in [0, 0.05) is 17.5 Å². The smallest absolute Gasteiger partial charge is 0.137 e. The Morgan fingerprint density at radius 2 is 2.06 bits per heavy atom. The van der Waals surface area contributed by atoms with E-state index in [1.807, 2.05) is 18.2 Å². The predicted octanol–water partition coefficient (Wildman–Crippen LogP) is 2.99. The molecule has 0 bridgehead atoms. The van der Waals surface area contributed by atoms with Crippen molar-refractivity contribution in [2.75, 3.05) is 12.4 Å². The lowest BCUT2D eigenvalue weighted by Gasteiger charge is -2.14. The van der Waals surface area contributed by atoms with E-state index in [0.717, 1.165) is 22.5 Å². The van der Waals surface area contributed by atoms with Gasteiger partial charge in [0.15, 0.2) is 0 Å². The van der Waals surface area contributed by atoms with Crippen molar-refractivity contribution in [2.24, 2.45) is 0 Å². The average Bonchev–Trinajstić information content (AvgIpc) is 2.91. The number of aromatic nitrogens is 2. The van der Waals surface area contributed by atoms with Crippen molar-refractivity contribution in [3.8, 4) is 5.75 Å². The van der Waals surface area contributed by atoms with Gasteiger partial charge in [-0.2, -0.15) is 0 Å². The number of nitrogens with one attached hydrogen (secondary N) is 1. The molecule has 1 N–H and O–H groups in total. The van der Waals surface area contributed by atoms with Crippen LogP contribution in [0.15, 0.2) is 24.5 Å². The van der Waals surface area contributed by atoms with Gasteiger partial charge in [0.25, 0.3) is 0 Å². The number of hydrogen-bond acceptors (Lipinski definition) is 4. The number of nitrogens with zero attached hydrogens (tertiary/aromatic N) is 2. The largest absolute Gasteiger partial charge is 0.497 e. The Bertz CT molecular complexity index is 550. The zero-order chi connectivity index (χ0) is 12.4. The van der Waals surface area contributed by atoms with E-state index >= 15 is 0 Å². The van der Waals surface area contributed by atoms with Crippen molar-refractivity contribution >= 4 is 16.7 Å². The van der Waals surface area contributed by atoms with Gasteiger partial charge in [0.1, 0.15) is 17.9 Å². The summed E-state index contributed by atoms with van der Waals surface area (Å²) < 4.78 is 5.21. The molecular formula is C14H17N3O. The molecule has 1 saturated carbocycles. The molecule has 4 nitrogen and oxygen atoms in total. The van der Waals surface area contributed by atoms with E-state index in [2.05, 4.69) is 15.3 Å². The third kappa shape index (κ3) is 2.10. The van der Waals surface area contributed by atoms with Gasteiger partial charge in [-0.15, -0.1) is 0 Å². The van der Waals surface area contributed by atoms with E-state index in [-0.39, 0.29) is 0 Å². The molecule has 3 rings (SSSR count). The minimum Gasteiger partial charge on any atom is -0.497 e. The molecule has 0 saturated heterocycles. The van der Waals surface area contributed by atoms with Crippen molar-refractivity contribution in [3.63, 3.8) is 0 Å². The lowest BCUT2D eigenvalue weighted by molar-refractivity contribution is 0.415. The number of benzene rings is 1. The first-order valence-electron chi connectivity index (χ1n) is 6.42. The fourth-order valence-electron chi connectivity index (χ4n) is 2.54. The van der Waals surface area contributed by atoms with Crippen molar-refractivity contribution < 1.29 is 4.74 Å². The van der Waals surface area contributed by atoms with Crippen molar-refractivity contribution in [1.82, 2.24) is 9.97 Å². The van der Waals surface area contributed by atoms with Crippen LogP contribution in [0.1, 0.15) is 25.7 Å². The van der Waals surface area contributed by atoms with Crippen LogP contribution in [-0.2, 0) is 0 Å². The maximum atomic E-state index is 5.21. The highest BCUT2D eigenvalue weighted by Gasteiger charge is 2.16. The van der Waals surface area contributed by atoms with Crippen molar-refractivity contribution in [1.29, 1.82) is 0 Å². The molecule has 1 aliphatic rings. The van der Waals surface area contributed by atoms with Crippen LogP contribution < -0.4 is 10.1 Å². The lowest BCUT2D eigenvalue weighted by Crippen LogP contribution is -2.15. The van der Waals surface area contributed by atoms with Crippen LogP contribution in [0.3, 0.4) is 0 Å². The van der Waals surface area contributed by atoms with Crippen LogP contribution in [0.5, 0.6) is 5.75 Å². The third-order valence-corrected chi connectivity index (χ3v) is 3.54. The first-order valence-corrected chi connectivity index (χ1v) is 6.42. The molecule has 2 aromatic rings. The number of rotatable bonds is 3. The fourth-order valence-corrected chi connectivity index (χ4v) is 2.54. The Kier molecular flexibility index (Phi) is 3.00. The second-order valence-electron chi connectivity index (χ2n) is 4.73. The molecule has 1 heterocycles. The first-order chi connectivity index (χ1) is 8.86. The summed E-state index contributed by atoms with van der Waals surface area (Å²) in [6.07, 6.45) is 6.71. The maximum absolute atomic E-state index is 5.21. The quantitative estimate of drug-likeness (QED) is 0.900. The second-order valence-corrected chi connectivity index (χ2v) is 4.73. The summed E-state index contributed by atoms with van der Waals surface area (Å²) >= 11 is 0. The highest BCUT2D eigenvalue weighted by atomic mass is 16.5. The standard InChI is InChI=1S/C14H17N3O/c1-18-11-6-7-12-13(8-11)15-9-16-14(12)17-10-4-2-3-5-10/h6-10H,2-5H2,1H3,(H,15,16,17). The van der Waals surface area contributed by atoms with E-state index in [0.29, 0.717) is 6.04 Å². The molecular weight excluding hydrogens is 226 g/mol. The van der Waals surface area contributed by atoms with Gasteiger partial charge in [-0.1, -0.05) is 12.8 Å². The Balaban J connectivity index is 1.95. The van der Waals surface area contributed by atoms with Gasteiger partial charge < -0.3 is 10.1 Å². The molecule has 1 fully saturated rings. The van der Waals surface area contributed by atoms with Crippen LogP contribution in [0.4, 0.5) is 5.82 Å². The molecule has 18 heavy (non-hydrogen) atoms. The van der Waals surface area contributed by atoms with E-state index in [9.17, 15) is 0 Å². The topological polar surface area (TPSA) is 47.0 Å². The summed E-state index contributed by atoms with van der Waals surface area (Å²) in [5.41, 5.74) is 0.921. The van der Waals surface area contributed by atoms with E-state index in [4.69, 9.17) is 4.74 Å². The number of anilines is 1. The molecule has 0 unspecified atom stereocenters. The lowest BCUT2D eigenvalue weighted by atomic mass is 10.2. The number of methoxy groups -OCH3 is 1. The molecule has 0 spiro atoms. The molecule has 94 valence electrons. The van der Waals surface area contributed by atoms with E-state index in [1.165, 1.54) is 25.7 Å². The molecule has 1 aromatic carbocycles. The third-order valence-electron chi connectivity index (χ3n) is 3.54. The van der Waals surface area contributed by atoms with E-state index in [1.54, 1.807) is 13.4 Å². The zero-order valence-electron chi connectivity index (χ0n) is 10.5. The first kappa shape index (κ1) is 11.3. The maximum Gasteiger partial charge on any atom is 0.137 e. The fraction of sp³-hybridized carbons (Fsp3) is 0.429. The molecule has 0 radical (unpaired) electrons. The van der Waals surface area contributed by atoms with Gasteiger partial charge in [0.05, 0.1) is 12.6 Å². The van der Waals surface area contributed by atoms with Gasteiger partial charge in [0.2, 0.25) is 0 Å². The minimum atomic E-state index is 0.560. The number of ether oxygens (including phenoxy) is 1. The summed E-state index contributed by atoms with van der Waals surface area (Å²) in [5.74, 6) is 1.77. The molecule has 0 amide bonds. The molecule has 1 aliphatic carbocycles. The Morgan fingerprint density at radius 3 is 2.83 bits per heavy atom. The Hall–Kier alpha value is -1.84. The summed E-state index contributed by atoms with van der Waals surface area (Å²) in [4.78, 5) is 8.66. The van der Waals surface area contributed by atoms with Crippen LogP contribution in [0.25, 0.3) is 10.9 Å². The average molecular weight is 243 g/mol. The van der Waals surface area contributed by atoms with Gasteiger partial charge in [-0.25, -0.2) is 9.97 Å². The van der Waals surface area contributed by atoms with Gasteiger partial charge in [-0.05, 0) is 25.0 Å². The van der Waals surface area contributed by atoms with Gasteiger partial charge in [-0.3, -0.25) is 0 Å². The molecule has 0 aliphatic heterocycles. The Labute approximate surface area is 106 Å². The summed E-state index contributed by atoms with van der Waals surface area (Å²) in [5, 5.41) is 4.59. The number of hydrogen-bond donors (Lipinski definition) is 1. The molecule has 1 aromatic heterocycles. The van der Waals surface area contributed by atoms with Crippen LogP contribution in [-0.4, -0.2) is 23.1 Å². The van der Waals surface area contributed by atoms with Gasteiger partial charge >= 0.3 is 0 Å². The van der Waals surface area contributed by atoms with Crippen molar-refractivity contribution in [2.45, 2.75) is 31.7 Å². The normalized spacial score (nSPS) is 16.1. The predicted molar refractivity (Wildman–Crippen MR) is 72.0 cm³/mol. The number of fused-ring (bicyclic) bond motifs is 1. The monoisotopic (exact) mass is 243 g/mol. The molecule has 4 heteroatoms. The Morgan fingerprint density at radius 1 is 1.22 bits per heavy atom. The highest BCUT2D eigenvalue weighted by Crippen LogP contribution is 2.27. The highest BCUT2D eigenvalue weighted by molar-refractivity contribution is 5.89. The zero-order valence-corrected chi connectivity index (χ0v) is 10.5. The summed E-state index contributed by atoms with van der Waals surface area (Å²) in [6.45, 7) is 0. The second kappa shape index (κ2) is 4.80. The van der Waals surface area contributed by atoms with Crippen LogP contribution in [0, 0.1) is 0 Å². The van der Waals surface area contributed by atoms with E-state index < -0.39 is 0 Å². The van der Waals surface area contributed by atoms with Crippen molar-refractivity contribution in [3.05, 3.63) is 24.5 Å².